The van der Waals surface area contributed by atoms with Crippen LogP contribution >= 0.6 is 0 Å². The number of hydrogen-bond acceptors (Lipinski definition) is 1. The minimum atomic E-state index is 0.263. The van der Waals surface area contributed by atoms with Crippen molar-refractivity contribution in [1.82, 2.24) is 0 Å². The lowest BCUT2D eigenvalue weighted by atomic mass is 9.96. The van der Waals surface area contributed by atoms with Crippen molar-refractivity contribution in [2.75, 3.05) is 0 Å². The first kappa shape index (κ1) is 10.7. The van der Waals surface area contributed by atoms with Crippen molar-refractivity contribution in [3.63, 3.8) is 0 Å². The molecule has 1 aromatic carbocycles. The molecule has 74 valence electrons. The van der Waals surface area contributed by atoms with E-state index in [0.29, 0.717) is 0 Å². The average molecular weight is 187 g/mol. The minimum Gasteiger partial charge on any atom is -0.269 e. The molecule has 1 atom stereocenters. The zero-order valence-corrected chi connectivity index (χ0v) is 8.96. The third kappa shape index (κ3) is 2.32. The quantitative estimate of drug-likeness (QED) is 0.639. The summed E-state index contributed by atoms with van der Waals surface area (Å²) in [6.45, 7) is 11.6. The van der Waals surface area contributed by atoms with Gasteiger partial charge in [-0.05, 0) is 24.3 Å². The van der Waals surface area contributed by atoms with Gasteiger partial charge in [-0.25, -0.2) is 0 Å². The molecule has 1 unspecified atom stereocenters. The van der Waals surface area contributed by atoms with E-state index in [1.54, 1.807) is 0 Å². The third-order valence-corrected chi connectivity index (χ3v) is 2.56. The molecular formula is C13H17N. The van der Waals surface area contributed by atoms with Crippen LogP contribution in [0.2, 0.25) is 0 Å². The van der Waals surface area contributed by atoms with Gasteiger partial charge in [0, 0.05) is 11.6 Å². The summed E-state index contributed by atoms with van der Waals surface area (Å²) in [7, 11) is 0. The molecule has 0 bridgehead atoms. The van der Waals surface area contributed by atoms with Gasteiger partial charge in [0.2, 0.25) is 0 Å². The molecule has 0 heterocycles. The third-order valence-electron chi connectivity index (χ3n) is 2.56. The summed E-state index contributed by atoms with van der Waals surface area (Å²) in [4.78, 5) is 3.88. The van der Waals surface area contributed by atoms with E-state index >= 15 is 0 Å². The molecule has 14 heavy (non-hydrogen) atoms. The Morgan fingerprint density at radius 1 is 1.50 bits per heavy atom. The van der Waals surface area contributed by atoms with E-state index in [4.69, 9.17) is 0 Å². The van der Waals surface area contributed by atoms with E-state index in [1.807, 2.05) is 0 Å². The van der Waals surface area contributed by atoms with Crippen LogP contribution in [0.1, 0.15) is 30.9 Å². The summed E-state index contributed by atoms with van der Waals surface area (Å²) in [6, 6.07) is 8.54. The predicted octanol–water partition coefficient (Wildman–Crippen LogP) is 3.57. The highest BCUT2D eigenvalue weighted by molar-refractivity contribution is 5.35. The molecule has 0 aromatic heterocycles. The summed E-state index contributed by atoms with van der Waals surface area (Å²) in [5.41, 5.74) is 3.45. The maximum absolute atomic E-state index is 3.88. The van der Waals surface area contributed by atoms with Crippen molar-refractivity contribution in [2.24, 2.45) is 4.99 Å². The second kappa shape index (κ2) is 4.75. The van der Waals surface area contributed by atoms with Crippen molar-refractivity contribution in [3.8, 4) is 0 Å². The van der Waals surface area contributed by atoms with Crippen LogP contribution in [0.25, 0.3) is 0 Å². The Balaban J connectivity index is 2.94. The number of aliphatic imine (C=N–C) groups is 1. The van der Waals surface area contributed by atoms with E-state index in [1.165, 1.54) is 11.1 Å². The molecule has 0 amide bonds. The summed E-state index contributed by atoms with van der Waals surface area (Å²) in [5.74, 6) is 0.263. The van der Waals surface area contributed by atoms with Crippen LogP contribution in [0.5, 0.6) is 0 Å². The normalized spacial score (nSPS) is 12.1. The largest absolute Gasteiger partial charge is 0.269 e. The smallest absolute Gasteiger partial charge is 0.0396 e. The molecule has 0 saturated heterocycles. The van der Waals surface area contributed by atoms with E-state index in [2.05, 4.69) is 56.4 Å². The van der Waals surface area contributed by atoms with E-state index in [9.17, 15) is 0 Å². The highest BCUT2D eigenvalue weighted by Crippen LogP contribution is 2.23. The highest BCUT2D eigenvalue weighted by Gasteiger charge is 2.07. The average Bonchev–Trinajstić information content (AvgIpc) is 2.27. The molecule has 1 nitrogen and oxygen atoms in total. The molecule has 1 rings (SSSR count). The fraction of sp³-hybridized carbons (Fsp3) is 0.308. The molecule has 0 fully saturated rings. The maximum Gasteiger partial charge on any atom is 0.0396 e. The molecule has 1 aromatic rings. The number of rotatable bonds is 4. The lowest BCUT2D eigenvalue weighted by Crippen LogP contribution is -1.95. The maximum atomic E-state index is 3.88. The van der Waals surface area contributed by atoms with Crippen molar-refractivity contribution in [2.45, 2.75) is 26.2 Å². The molecular weight excluding hydrogens is 170 g/mol. The topological polar surface area (TPSA) is 12.4 Å². The van der Waals surface area contributed by atoms with E-state index in [-0.39, 0.29) is 5.92 Å². The van der Waals surface area contributed by atoms with Crippen molar-refractivity contribution in [1.29, 1.82) is 0 Å². The number of allylic oxidation sites excluding steroid dienone is 1. The van der Waals surface area contributed by atoms with Crippen LogP contribution in [0.4, 0.5) is 0 Å². The Morgan fingerprint density at radius 2 is 2.21 bits per heavy atom. The van der Waals surface area contributed by atoms with Gasteiger partial charge in [-0.15, -0.1) is 0 Å². The fourth-order valence-corrected chi connectivity index (χ4v) is 1.41. The minimum absolute atomic E-state index is 0.263. The first-order valence-corrected chi connectivity index (χ1v) is 4.93. The molecule has 0 saturated carbocycles. The predicted molar refractivity (Wildman–Crippen MR) is 62.9 cm³/mol. The second-order valence-corrected chi connectivity index (χ2v) is 3.47. The summed E-state index contributed by atoms with van der Waals surface area (Å²) in [6.07, 6.45) is 1.06. The summed E-state index contributed by atoms with van der Waals surface area (Å²) < 4.78 is 0. The zero-order valence-electron chi connectivity index (χ0n) is 8.96. The van der Waals surface area contributed by atoms with Crippen molar-refractivity contribution in [3.05, 3.63) is 47.7 Å². The van der Waals surface area contributed by atoms with Gasteiger partial charge < -0.3 is 0 Å². The standard InChI is InChI=1S/C13H17N/c1-5-12-7-6-8-13(9-12)10(2)11(3)14-4/h6-10H,3-5H2,1-2H3. The Labute approximate surface area is 86.2 Å². The fourth-order valence-electron chi connectivity index (χ4n) is 1.41. The van der Waals surface area contributed by atoms with Crippen LogP contribution in [-0.4, -0.2) is 6.72 Å². The molecule has 1 heteroatoms. The molecule has 0 spiro atoms. The number of hydrogen-bond donors (Lipinski definition) is 0. The monoisotopic (exact) mass is 187 g/mol. The lowest BCUT2D eigenvalue weighted by Gasteiger charge is -2.12. The van der Waals surface area contributed by atoms with E-state index < -0.39 is 0 Å². The van der Waals surface area contributed by atoms with Crippen molar-refractivity contribution < 1.29 is 0 Å². The number of nitrogens with zero attached hydrogens (tertiary/aromatic N) is 1. The first-order valence-electron chi connectivity index (χ1n) is 4.93. The van der Waals surface area contributed by atoms with Gasteiger partial charge in [-0.1, -0.05) is 44.7 Å². The van der Waals surface area contributed by atoms with Gasteiger partial charge in [0.15, 0.2) is 0 Å². The summed E-state index contributed by atoms with van der Waals surface area (Å²) in [5, 5.41) is 0. The highest BCUT2D eigenvalue weighted by atomic mass is 14.7. The van der Waals surface area contributed by atoms with Crippen molar-refractivity contribution >= 4 is 6.72 Å². The molecule has 0 aliphatic heterocycles. The Hall–Kier alpha value is -1.37. The van der Waals surface area contributed by atoms with Gasteiger partial charge in [-0.3, -0.25) is 4.99 Å². The van der Waals surface area contributed by atoms with Gasteiger partial charge in [0.1, 0.15) is 0 Å². The second-order valence-electron chi connectivity index (χ2n) is 3.47. The Morgan fingerprint density at radius 3 is 2.79 bits per heavy atom. The van der Waals surface area contributed by atoms with Gasteiger partial charge >= 0.3 is 0 Å². The number of aryl methyl sites for hydroxylation is 1. The van der Waals surface area contributed by atoms with Crippen LogP contribution in [0.15, 0.2) is 41.5 Å². The lowest BCUT2D eigenvalue weighted by molar-refractivity contribution is 0.882. The Bertz CT molecular complexity index is 339. The molecule has 0 N–H and O–H groups in total. The van der Waals surface area contributed by atoms with Crippen LogP contribution in [0, 0.1) is 0 Å². The van der Waals surface area contributed by atoms with E-state index in [0.717, 1.165) is 12.1 Å². The molecule has 0 radical (unpaired) electrons. The first-order chi connectivity index (χ1) is 6.69. The van der Waals surface area contributed by atoms with Crippen LogP contribution in [0.3, 0.4) is 0 Å². The van der Waals surface area contributed by atoms with Gasteiger partial charge in [0.25, 0.3) is 0 Å². The molecule has 0 aliphatic carbocycles. The summed E-state index contributed by atoms with van der Waals surface area (Å²) >= 11 is 0. The van der Waals surface area contributed by atoms with Crippen LogP contribution in [-0.2, 0) is 6.42 Å². The Kier molecular flexibility index (Phi) is 3.63. The van der Waals surface area contributed by atoms with Gasteiger partial charge in [-0.2, -0.15) is 0 Å². The zero-order chi connectivity index (χ0) is 10.6. The SMILES string of the molecule is C=NC(=C)C(C)c1cccc(CC)c1. The van der Waals surface area contributed by atoms with Gasteiger partial charge in [0.05, 0.1) is 0 Å². The van der Waals surface area contributed by atoms with Crippen LogP contribution < -0.4 is 0 Å². The molecule has 0 aliphatic rings. The number of benzene rings is 1.